The molecule has 0 fully saturated rings. The van der Waals surface area contributed by atoms with Gasteiger partial charge in [-0.05, 0) is 125 Å². The van der Waals surface area contributed by atoms with Crippen molar-refractivity contribution >= 4 is 50.4 Å². The average Bonchev–Trinajstić information content (AvgIpc) is 3.77. The van der Waals surface area contributed by atoms with Crippen LogP contribution in [0.2, 0.25) is 0 Å². The summed E-state index contributed by atoms with van der Waals surface area (Å²) >= 11 is 0. The van der Waals surface area contributed by atoms with Crippen LogP contribution in [0.4, 0.5) is 22.7 Å². The Kier molecular flexibility index (Phi) is 9.59. The molecule has 1 aromatic heterocycles. The van der Waals surface area contributed by atoms with E-state index in [2.05, 4.69) is 208 Å². The van der Waals surface area contributed by atoms with Gasteiger partial charge in [-0.2, -0.15) is 0 Å². The van der Waals surface area contributed by atoms with Gasteiger partial charge in [-0.15, -0.1) is 0 Å². The van der Waals surface area contributed by atoms with E-state index >= 15 is 0 Å². The number of rotatable bonds is 8. The molecule has 4 nitrogen and oxygen atoms in total. The molecule has 0 spiro atoms. The van der Waals surface area contributed by atoms with Crippen LogP contribution in [0, 0.1) is 0 Å². The second kappa shape index (κ2) is 14.7. The zero-order valence-electron chi connectivity index (χ0n) is 33.4. The Morgan fingerprint density at radius 1 is 0.571 bits per heavy atom. The number of aromatic nitrogens is 1. The Morgan fingerprint density at radius 2 is 1.09 bits per heavy atom. The highest BCUT2D eigenvalue weighted by molar-refractivity contribution is 6.14. The average molecular weight is 731 g/mol. The lowest BCUT2D eigenvalue weighted by Crippen LogP contribution is -2.26. The minimum atomic E-state index is 0.0553. The molecule has 56 heavy (non-hydrogen) atoms. The van der Waals surface area contributed by atoms with Gasteiger partial charge >= 0.3 is 0 Å². The Morgan fingerprint density at radius 3 is 1.62 bits per heavy atom. The monoisotopic (exact) mass is 730 g/mol. The zero-order chi connectivity index (χ0) is 39.0. The van der Waals surface area contributed by atoms with Gasteiger partial charge in [-0.25, -0.2) is 0 Å². The first kappa shape index (κ1) is 36.6. The third-order valence-corrected chi connectivity index (χ3v) is 10.7. The minimum absolute atomic E-state index is 0.0553. The molecule has 6 aromatic carbocycles. The topological polar surface area (TPSA) is 23.8 Å². The van der Waals surface area contributed by atoms with Gasteiger partial charge in [0, 0.05) is 50.5 Å². The van der Waals surface area contributed by atoms with E-state index in [1.54, 1.807) is 6.08 Å². The molecule has 278 valence electrons. The van der Waals surface area contributed by atoms with Crippen molar-refractivity contribution < 1.29 is 0 Å². The van der Waals surface area contributed by atoms with E-state index in [1.165, 1.54) is 32.9 Å². The van der Waals surface area contributed by atoms with Crippen LogP contribution in [0.3, 0.4) is 0 Å². The van der Waals surface area contributed by atoms with Crippen LogP contribution >= 0.6 is 0 Å². The number of allylic oxidation sites excluding steroid dienone is 4. The molecule has 0 aliphatic carbocycles. The molecule has 0 saturated carbocycles. The van der Waals surface area contributed by atoms with Crippen LogP contribution < -0.4 is 9.80 Å². The molecular weight excluding hydrogens is 681 g/mol. The SMILES string of the molecule is C=C/C=C\C=C1/CN=C(c2ccc(N(c3ccccc3)c3ccc(-n4c5ccc(C(C)(C)C)cc5c5cc(C(C)(C)C)ccc54)cc3)cc2)N1c1ccccc1. The maximum absolute atomic E-state index is 5.02. The summed E-state index contributed by atoms with van der Waals surface area (Å²) < 4.78 is 2.42. The van der Waals surface area contributed by atoms with Crippen molar-refractivity contribution in [3.8, 4) is 5.69 Å². The van der Waals surface area contributed by atoms with Gasteiger partial charge < -0.3 is 9.47 Å². The van der Waals surface area contributed by atoms with E-state index in [-0.39, 0.29) is 10.8 Å². The molecule has 1 aliphatic heterocycles. The van der Waals surface area contributed by atoms with E-state index in [9.17, 15) is 0 Å². The first-order chi connectivity index (χ1) is 27.0. The molecule has 0 amide bonds. The van der Waals surface area contributed by atoms with Crippen molar-refractivity contribution in [2.75, 3.05) is 16.3 Å². The molecule has 0 N–H and O–H groups in total. The summed E-state index contributed by atoms with van der Waals surface area (Å²) in [6.45, 7) is 18.2. The highest BCUT2D eigenvalue weighted by Gasteiger charge is 2.26. The fraction of sp³-hybridized carbons (Fsp3) is 0.173. The van der Waals surface area contributed by atoms with Crippen LogP contribution in [-0.4, -0.2) is 16.9 Å². The van der Waals surface area contributed by atoms with Crippen molar-refractivity contribution in [1.29, 1.82) is 0 Å². The van der Waals surface area contributed by atoms with Crippen LogP contribution in [0.5, 0.6) is 0 Å². The van der Waals surface area contributed by atoms with E-state index in [0.29, 0.717) is 6.54 Å². The van der Waals surface area contributed by atoms with Gasteiger partial charge in [0.25, 0.3) is 0 Å². The van der Waals surface area contributed by atoms with Crippen LogP contribution in [0.1, 0.15) is 58.2 Å². The van der Waals surface area contributed by atoms with Gasteiger partial charge in [0.2, 0.25) is 0 Å². The number of nitrogens with zero attached hydrogens (tertiary/aromatic N) is 4. The predicted molar refractivity (Wildman–Crippen MR) is 241 cm³/mol. The van der Waals surface area contributed by atoms with Crippen molar-refractivity contribution in [2.24, 2.45) is 4.99 Å². The number of aliphatic imine (C=N–C) groups is 1. The molecular formula is C52H50N4. The summed E-state index contributed by atoms with van der Waals surface area (Å²) in [4.78, 5) is 9.59. The molecule has 0 radical (unpaired) electrons. The molecule has 1 aliphatic rings. The maximum Gasteiger partial charge on any atom is 0.140 e. The third-order valence-electron chi connectivity index (χ3n) is 10.7. The van der Waals surface area contributed by atoms with E-state index < -0.39 is 0 Å². The lowest BCUT2D eigenvalue weighted by atomic mass is 9.85. The number of benzene rings is 6. The summed E-state index contributed by atoms with van der Waals surface area (Å²) in [6.07, 6.45) is 7.88. The largest absolute Gasteiger partial charge is 0.311 e. The molecule has 0 atom stereocenters. The molecule has 0 saturated heterocycles. The molecule has 2 heterocycles. The summed E-state index contributed by atoms with van der Waals surface area (Å²) in [6, 6.07) is 52.8. The highest BCUT2D eigenvalue weighted by Crippen LogP contribution is 2.40. The minimum Gasteiger partial charge on any atom is -0.311 e. The Bertz CT molecular complexity index is 2540. The van der Waals surface area contributed by atoms with Crippen LogP contribution in [0.15, 0.2) is 187 Å². The normalized spacial score (nSPS) is 14.3. The van der Waals surface area contributed by atoms with Crippen molar-refractivity contribution in [2.45, 2.75) is 52.4 Å². The lowest BCUT2D eigenvalue weighted by molar-refractivity contribution is 0.590. The van der Waals surface area contributed by atoms with Gasteiger partial charge in [0.1, 0.15) is 5.84 Å². The number of hydrogen-bond donors (Lipinski definition) is 0. The van der Waals surface area contributed by atoms with Gasteiger partial charge in [0.05, 0.1) is 17.6 Å². The second-order valence-electron chi connectivity index (χ2n) is 16.6. The number of para-hydroxylation sites is 2. The smallest absolute Gasteiger partial charge is 0.140 e. The van der Waals surface area contributed by atoms with Crippen molar-refractivity contribution in [1.82, 2.24) is 4.57 Å². The maximum atomic E-state index is 5.02. The summed E-state index contributed by atoms with van der Waals surface area (Å²) in [5.74, 6) is 0.937. The lowest BCUT2D eigenvalue weighted by Gasteiger charge is -2.27. The molecule has 4 heteroatoms. The van der Waals surface area contributed by atoms with Gasteiger partial charge in [0.15, 0.2) is 0 Å². The van der Waals surface area contributed by atoms with Gasteiger partial charge in [-0.3, -0.25) is 9.89 Å². The van der Waals surface area contributed by atoms with Crippen molar-refractivity contribution in [3.63, 3.8) is 0 Å². The third kappa shape index (κ3) is 6.99. The first-order valence-corrected chi connectivity index (χ1v) is 19.5. The molecule has 8 rings (SSSR count). The Hall–Kier alpha value is -6.39. The Labute approximate surface area is 332 Å². The molecule has 0 bridgehead atoms. The highest BCUT2D eigenvalue weighted by atomic mass is 15.3. The van der Waals surface area contributed by atoms with E-state index in [4.69, 9.17) is 4.99 Å². The molecule has 0 unspecified atom stereocenters. The van der Waals surface area contributed by atoms with Crippen molar-refractivity contribution in [3.05, 3.63) is 199 Å². The standard InChI is InChI=1S/C52H50N4/c1-8-9-12-21-45-36-53-50(55(45)41-19-15-11-16-20-41)37-22-26-42(27-23-37)54(40-17-13-10-14-18-40)43-28-30-44(31-29-43)56-48-32-24-38(51(2,3)4)34-46(48)47-35-39(52(5,6)7)25-33-49(47)56/h8-35H,1,36H2,2-7H3/b12-9-,45-21+. The van der Waals surface area contributed by atoms with Crippen LogP contribution in [-0.2, 0) is 10.8 Å². The predicted octanol–water partition coefficient (Wildman–Crippen LogP) is 13.7. The zero-order valence-corrected chi connectivity index (χ0v) is 33.4. The fourth-order valence-electron chi connectivity index (χ4n) is 7.66. The number of amidine groups is 1. The quantitative estimate of drug-likeness (QED) is 0.145. The first-order valence-electron chi connectivity index (χ1n) is 19.5. The second-order valence-corrected chi connectivity index (χ2v) is 16.6. The Balaban J connectivity index is 1.18. The number of hydrogen-bond acceptors (Lipinski definition) is 3. The van der Waals surface area contributed by atoms with Gasteiger partial charge in [-0.1, -0.05) is 115 Å². The van der Waals surface area contributed by atoms with Crippen LogP contribution in [0.25, 0.3) is 27.5 Å². The number of fused-ring (bicyclic) bond motifs is 3. The summed E-state index contributed by atoms with van der Waals surface area (Å²) in [5, 5.41) is 2.59. The summed E-state index contributed by atoms with van der Waals surface area (Å²) in [7, 11) is 0. The van der Waals surface area contributed by atoms with E-state index in [0.717, 1.165) is 45.5 Å². The fourth-order valence-corrected chi connectivity index (χ4v) is 7.66. The number of anilines is 4. The summed E-state index contributed by atoms with van der Waals surface area (Å²) in [5.41, 5.74) is 12.9. The van der Waals surface area contributed by atoms with E-state index in [1.807, 2.05) is 18.2 Å². The molecule has 7 aromatic rings.